The maximum atomic E-state index is 11.9. The van der Waals surface area contributed by atoms with Gasteiger partial charge >= 0.3 is 0 Å². The van der Waals surface area contributed by atoms with E-state index in [-0.39, 0.29) is 5.91 Å². The molecule has 1 aliphatic rings. The number of benzene rings is 1. The van der Waals surface area contributed by atoms with E-state index in [0.29, 0.717) is 10.6 Å². The van der Waals surface area contributed by atoms with Crippen LogP contribution in [0.15, 0.2) is 24.3 Å². The van der Waals surface area contributed by atoms with Crippen molar-refractivity contribution in [2.75, 3.05) is 19.6 Å². The Labute approximate surface area is 94.0 Å². The fraction of sp³-hybridized carbons (Fsp3) is 0.273. The molecular formula is C11H12ClN2O. The van der Waals surface area contributed by atoms with Crippen molar-refractivity contribution in [2.45, 2.75) is 0 Å². The van der Waals surface area contributed by atoms with Crippen LogP contribution in [-0.2, 0) is 0 Å². The first-order valence-electron chi connectivity index (χ1n) is 4.88. The SMILES string of the molecule is O=C(c1ccc(Cl)cc1)N1[CH]CNCC1. The molecule has 1 N–H and O–H groups in total. The Morgan fingerprint density at radius 1 is 1.33 bits per heavy atom. The molecule has 1 aromatic carbocycles. The fourth-order valence-electron chi connectivity index (χ4n) is 1.51. The molecule has 79 valence electrons. The van der Waals surface area contributed by atoms with Crippen LogP contribution < -0.4 is 5.32 Å². The zero-order valence-electron chi connectivity index (χ0n) is 8.24. The minimum atomic E-state index is 0.0353. The van der Waals surface area contributed by atoms with Gasteiger partial charge in [-0.15, -0.1) is 0 Å². The average molecular weight is 224 g/mol. The fourth-order valence-corrected chi connectivity index (χ4v) is 1.64. The molecule has 0 bridgehead atoms. The molecule has 2 rings (SSSR count). The molecule has 1 heterocycles. The van der Waals surface area contributed by atoms with E-state index in [1.807, 2.05) is 6.54 Å². The first kappa shape index (κ1) is 10.5. The van der Waals surface area contributed by atoms with Crippen LogP contribution in [0.2, 0.25) is 5.02 Å². The highest BCUT2D eigenvalue weighted by Gasteiger charge is 2.17. The van der Waals surface area contributed by atoms with Crippen LogP contribution in [0.25, 0.3) is 0 Å². The maximum absolute atomic E-state index is 11.9. The first-order chi connectivity index (χ1) is 7.27. The van der Waals surface area contributed by atoms with Crippen molar-refractivity contribution >= 4 is 17.5 Å². The highest BCUT2D eigenvalue weighted by molar-refractivity contribution is 6.30. The lowest BCUT2D eigenvalue weighted by Gasteiger charge is -2.26. The Morgan fingerprint density at radius 2 is 2.07 bits per heavy atom. The molecule has 0 unspecified atom stereocenters. The second-order valence-corrected chi connectivity index (χ2v) is 3.83. The summed E-state index contributed by atoms with van der Waals surface area (Å²) in [6.07, 6.45) is 0. The van der Waals surface area contributed by atoms with E-state index in [4.69, 9.17) is 11.6 Å². The second kappa shape index (κ2) is 4.64. The third-order valence-electron chi connectivity index (χ3n) is 2.34. The maximum Gasteiger partial charge on any atom is 0.254 e. The third kappa shape index (κ3) is 2.49. The summed E-state index contributed by atoms with van der Waals surface area (Å²) in [4.78, 5) is 13.7. The van der Waals surface area contributed by atoms with Gasteiger partial charge in [-0.2, -0.15) is 0 Å². The number of piperazine rings is 1. The van der Waals surface area contributed by atoms with Gasteiger partial charge in [0.2, 0.25) is 0 Å². The molecule has 0 aliphatic carbocycles. The number of nitrogens with zero attached hydrogens (tertiary/aromatic N) is 1. The molecule has 0 atom stereocenters. The number of hydrogen-bond donors (Lipinski definition) is 1. The van der Waals surface area contributed by atoms with Crippen LogP contribution in [-0.4, -0.2) is 30.4 Å². The van der Waals surface area contributed by atoms with Crippen LogP contribution in [0.1, 0.15) is 10.4 Å². The molecule has 1 saturated heterocycles. The van der Waals surface area contributed by atoms with Crippen molar-refractivity contribution in [1.82, 2.24) is 10.2 Å². The molecule has 3 nitrogen and oxygen atoms in total. The van der Waals surface area contributed by atoms with Crippen molar-refractivity contribution in [3.63, 3.8) is 0 Å². The Hall–Kier alpha value is -1.06. The largest absolute Gasteiger partial charge is 0.331 e. The second-order valence-electron chi connectivity index (χ2n) is 3.39. The van der Waals surface area contributed by atoms with E-state index in [9.17, 15) is 4.79 Å². The zero-order chi connectivity index (χ0) is 10.7. The molecule has 0 saturated carbocycles. The predicted octanol–water partition coefficient (Wildman–Crippen LogP) is 1.55. The molecule has 1 aliphatic heterocycles. The molecule has 4 heteroatoms. The summed E-state index contributed by atoms with van der Waals surface area (Å²) in [5.41, 5.74) is 0.678. The van der Waals surface area contributed by atoms with E-state index in [0.717, 1.165) is 19.6 Å². The number of halogens is 1. The molecule has 1 radical (unpaired) electrons. The van der Waals surface area contributed by atoms with Crippen molar-refractivity contribution in [3.8, 4) is 0 Å². The summed E-state index contributed by atoms with van der Waals surface area (Å²) in [6, 6.07) is 6.97. The van der Waals surface area contributed by atoms with Gasteiger partial charge in [0, 0.05) is 30.2 Å². The Kier molecular flexibility index (Phi) is 3.23. The van der Waals surface area contributed by atoms with E-state index < -0.39 is 0 Å². The lowest BCUT2D eigenvalue weighted by atomic mass is 10.2. The van der Waals surface area contributed by atoms with Crippen molar-refractivity contribution in [3.05, 3.63) is 41.4 Å². The number of carbonyl (C=O) groups excluding carboxylic acids is 1. The monoisotopic (exact) mass is 223 g/mol. The molecule has 0 aromatic heterocycles. The Morgan fingerprint density at radius 3 is 2.67 bits per heavy atom. The topological polar surface area (TPSA) is 32.3 Å². The smallest absolute Gasteiger partial charge is 0.254 e. The molecule has 1 fully saturated rings. The summed E-state index contributed by atoms with van der Waals surface area (Å²) in [7, 11) is 0. The average Bonchev–Trinajstić information content (AvgIpc) is 2.30. The lowest BCUT2D eigenvalue weighted by molar-refractivity contribution is 0.0782. The first-order valence-corrected chi connectivity index (χ1v) is 5.26. The van der Waals surface area contributed by atoms with E-state index in [1.54, 1.807) is 29.2 Å². The van der Waals surface area contributed by atoms with Gasteiger partial charge < -0.3 is 10.2 Å². The van der Waals surface area contributed by atoms with Crippen molar-refractivity contribution in [2.24, 2.45) is 0 Å². The standard InChI is InChI=1S/C11H12ClN2O/c12-10-3-1-9(2-4-10)11(15)14-7-5-13-6-8-14/h1-4,7,13H,5-6,8H2. The zero-order valence-corrected chi connectivity index (χ0v) is 9.00. The van der Waals surface area contributed by atoms with E-state index in [2.05, 4.69) is 5.32 Å². The van der Waals surface area contributed by atoms with E-state index >= 15 is 0 Å². The van der Waals surface area contributed by atoms with Gasteiger partial charge in [-0.1, -0.05) is 11.6 Å². The highest BCUT2D eigenvalue weighted by atomic mass is 35.5. The van der Waals surface area contributed by atoms with Gasteiger partial charge in [0.25, 0.3) is 5.91 Å². The van der Waals surface area contributed by atoms with Gasteiger partial charge in [-0.05, 0) is 24.3 Å². The van der Waals surface area contributed by atoms with Gasteiger partial charge in [-0.3, -0.25) is 4.79 Å². The van der Waals surface area contributed by atoms with Gasteiger partial charge in [-0.25, -0.2) is 0 Å². The molecule has 1 aromatic rings. The van der Waals surface area contributed by atoms with Crippen LogP contribution in [0.4, 0.5) is 0 Å². The quantitative estimate of drug-likeness (QED) is 0.784. The van der Waals surface area contributed by atoms with Crippen molar-refractivity contribution < 1.29 is 4.79 Å². The molecular weight excluding hydrogens is 212 g/mol. The van der Waals surface area contributed by atoms with Crippen molar-refractivity contribution in [1.29, 1.82) is 0 Å². The normalized spacial score (nSPS) is 16.5. The van der Waals surface area contributed by atoms with E-state index in [1.165, 1.54) is 0 Å². The van der Waals surface area contributed by atoms with Gasteiger partial charge in [0.15, 0.2) is 0 Å². The number of amides is 1. The summed E-state index contributed by atoms with van der Waals surface area (Å²) in [5.74, 6) is 0.0353. The number of nitrogens with one attached hydrogen (secondary N) is 1. The summed E-state index contributed by atoms with van der Waals surface area (Å²) >= 11 is 5.76. The van der Waals surface area contributed by atoms with Gasteiger partial charge in [0.1, 0.15) is 0 Å². The lowest BCUT2D eigenvalue weighted by Crippen LogP contribution is -2.43. The molecule has 1 amide bonds. The number of carbonyl (C=O) groups is 1. The minimum Gasteiger partial charge on any atom is -0.331 e. The highest BCUT2D eigenvalue weighted by Crippen LogP contribution is 2.12. The van der Waals surface area contributed by atoms with Gasteiger partial charge in [0.05, 0.1) is 6.54 Å². The minimum absolute atomic E-state index is 0.0353. The number of rotatable bonds is 1. The number of hydrogen-bond acceptors (Lipinski definition) is 2. The van der Waals surface area contributed by atoms with Crippen LogP contribution in [0.5, 0.6) is 0 Å². The Bertz CT molecular complexity index is 344. The van der Waals surface area contributed by atoms with Crippen LogP contribution in [0, 0.1) is 6.54 Å². The summed E-state index contributed by atoms with van der Waals surface area (Å²) in [5, 5.41) is 3.81. The molecule has 0 spiro atoms. The van der Waals surface area contributed by atoms with Crippen LogP contribution in [0.3, 0.4) is 0 Å². The Balaban J connectivity index is 2.09. The molecule has 15 heavy (non-hydrogen) atoms. The van der Waals surface area contributed by atoms with Crippen LogP contribution >= 0.6 is 11.6 Å². The third-order valence-corrected chi connectivity index (χ3v) is 2.59. The predicted molar refractivity (Wildman–Crippen MR) is 59.7 cm³/mol. The summed E-state index contributed by atoms with van der Waals surface area (Å²) in [6.45, 7) is 4.19. The summed E-state index contributed by atoms with van der Waals surface area (Å²) < 4.78 is 0.